The zero-order valence-electron chi connectivity index (χ0n) is 15.4. The monoisotopic (exact) mass is 446 g/mol. The normalized spacial score (nSPS) is 23.4. The Morgan fingerprint density at radius 1 is 0.826 bits per heavy atom. The molecule has 2 aliphatic carbocycles. The van der Waals surface area contributed by atoms with E-state index in [1.165, 1.54) is 22.3 Å². The summed E-state index contributed by atoms with van der Waals surface area (Å²) in [5, 5.41) is 0. The first-order chi connectivity index (χ1) is 9.40. The van der Waals surface area contributed by atoms with Crippen LogP contribution in [0.4, 0.5) is 0 Å². The van der Waals surface area contributed by atoms with Crippen LogP contribution in [0.2, 0.25) is 12.1 Å². The van der Waals surface area contributed by atoms with Gasteiger partial charge in [-0.2, -0.15) is 12.2 Å². The second-order valence-electron chi connectivity index (χ2n) is 6.23. The van der Waals surface area contributed by atoms with E-state index >= 15 is 0 Å². The molecule has 0 aromatic heterocycles. The van der Waals surface area contributed by atoms with Gasteiger partial charge < -0.3 is 24.8 Å². The molecule has 0 bridgehead atoms. The summed E-state index contributed by atoms with van der Waals surface area (Å²) in [6, 6.07) is 3.28. The fraction of sp³-hybridized carbons (Fsp3) is 0.579. The van der Waals surface area contributed by atoms with Gasteiger partial charge in [-0.25, -0.2) is 22.3 Å². The molecule has 0 aromatic rings. The molecule has 0 spiro atoms. The Morgan fingerprint density at radius 2 is 1.09 bits per heavy atom. The predicted octanol–water partition coefficient (Wildman–Crippen LogP) is -0.935. The molecule has 0 amide bonds. The molecule has 0 nitrogen and oxygen atoms in total. The van der Waals surface area contributed by atoms with Gasteiger partial charge in [0.1, 0.15) is 0 Å². The van der Waals surface area contributed by atoms with E-state index in [4.69, 9.17) is 0 Å². The minimum atomic E-state index is 0. The Kier molecular flexibility index (Phi) is 18.5. The van der Waals surface area contributed by atoms with E-state index in [0.29, 0.717) is 21.4 Å². The average molecular weight is 449 g/mol. The van der Waals surface area contributed by atoms with Gasteiger partial charge in [0.05, 0.1) is 0 Å². The number of allylic oxidation sites excluding steroid dienone is 8. The van der Waals surface area contributed by atoms with Gasteiger partial charge in [0.15, 0.2) is 0 Å². The number of rotatable bonds is 0. The van der Waals surface area contributed by atoms with E-state index in [2.05, 4.69) is 65.8 Å². The van der Waals surface area contributed by atoms with Crippen LogP contribution < -0.4 is 24.8 Å². The van der Waals surface area contributed by atoms with Crippen LogP contribution in [0.25, 0.3) is 0 Å². The molecule has 1 fully saturated rings. The molecule has 0 N–H and O–H groups in total. The van der Waals surface area contributed by atoms with E-state index in [0.717, 1.165) is 0 Å². The molecule has 2 unspecified atom stereocenters. The first-order valence-corrected chi connectivity index (χ1v) is 9.98. The fourth-order valence-corrected chi connectivity index (χ4v) is 2.74. The summed E-state index contributed by atoms with van der Waals surface area (Å²) in [4.78, 5) is 0. The summed E-state index contributed by atoms with van der Waals surface area (Å²) in [6.45, 7) is 12.8. The number of halogens is 2. The predicted molar refractivity (Wildman–Crippen MR) is 93.5 cm³/mol. The van der Waals surface area contributed by atoms with E-state index in [1.807, 2.05) is 0 Å². The SMILES string of the molecule is C1C[SiH2]C1.CC1=[C-]C(C)C=C1C.CC1=[C-]C(C)C=C1C.[Cl-].[Cl-].[Zr+4]. The number of hydrogen-bond acceptors (Lipinski definition) is 0. The van der Waals surface area contributed by atoms with Gasteiger partial charge in [-0.1, -0.05) is 58.0 Å². The average Bonchev–Trinajstić information content (AvgIpc) is 2.68. The van der Waals surface area contributed by atoms with Crippen LogP contribution in [0.5, 0.6) is 0 Å². The van der Waals surface area contributed by atoms with Crippen LogP contribution in [0.3, 0.4) is 0 Å². The maximum Gasteiger partial charge on any atom is 4.00 e. The standard InChI is InChI=1S/2C8H11.C3H8Si.2ClH.Zr/c2*1-6-4-7(2)8(3)5-6;1-2-4-3-1;;;/h2*4,6H,1-3H3;1-4H2;2*1H;/q2*-1;;;;+4/p-2. The summed E-state index contributed by atoms with van der Waals surface area (Å²) in [5.74, 6) is 1.10. The van der Waals surface area contributed by atoms with Crippen LogP contribution in [0.1, 0.15) is 48.0 Å². The molecule has 3 aliphatic rings. The zero-order valence-corrected chi connectivity index (χ0v) is 20.8. The van der Waals surface area contributed by atoms with E-state index in [9.17, 15) is 0 Å². The summed E-state index contributed by atoms with van der Waals surface area (Å²) < 4.78 is 0. The second-order valence-corrected chi connectivity index (χ2v) is 8.35. The Labute approximate surface area is 178 Å². The molecule has 23 heavy (non-hydrogen) atoms. The van der Waals surface area contributed by atoms with Crippen molar-refractivity contribution >= 4 is 9.52 Å². The maximum absolute atomic E-state index is 3.29. The van der Waals surface area contributed by atoms with Crippen molar-refractivity contribution in [2.45, 2.75) is 60.1 Å². The molecule has 0 saturated carbocycles. The van der Waals surface area contributed by atoms with Gasteiger partial charge in [-0.3, -0.25) is 12.2 Å². The van der Waals surface area contributed by atoms with Crippen molar-refractivity contribution in [1.82, 2.24) is 0 Å². The molecule has 1 heterocycles. The van der Waals surface area contributed by atoms with E-state index in [-0.39, 0.29) is 51.0 Å². The van der Waals surface area contributed by atoms with E-state index < -0.39 is 0 Å². The topological polar surface area (TPSA) is 0 Å². The number of hydrogen-bond donors (Lipinski definition) is 0. The Balaban J connectivity index is -0.000000255. The summed E-state index contributed by atoms with van der Waals surface area (Å²) >= 11 is 0. The van der Waals surface area contributed by atoms with E-state index in [1.54, 1.807) is 18.5 Å². The molecule has 0 aromatic carbocycles. The third-order valence-corrected chi connectivity index (χ3v) is 6.07. The van der Waals surface area contributed by atoms with Gasteiger partial charge >= 0.3 is 26.2 Å². The molecule has 1 saturated heterocycles. The molecule has 128 valence electrons. The summed E-state index contributed by atoms with van der Waals surface area (Å²) in [5.41, 5.74) is 5.41. The molecule has 2 atom stereocenters. The van der Waals surface area contributed by atoms with Gasteiger partial charge in [0.25, 0.3) is 0 Å². The first kappa shape index (κ1) is 28.4. The van der Waals surface area contributed by atoms with Crippen molar-refractivity contribution in [3.63, 3.8) is 0 Å². The van der Waals surface area contributed by atoms with Crippen molar-refractivity contribution in [1.29, 1.82) is 0 Å². The third-order valence-electron chi connectivity index (χ3n) is 4.07. The molecule has 0 radical (unpaired) electrons. The Bertz CT molecular complexity index is 368. The Morgan fingerprint density at radius 3 is 1.13 bits per heavy atom. The van der Waals surface area contributed by atoms with Crippen molar-refractivity contribution in [3.05, 3.63) is 46.6 Å². The van der Waals surface area contributed by atoms with Gasteiger partial charge in [-0.05, 0) is 0 Å². The minimum Gasteiger partial charge on any atom is -1.00 e. The minimum absolute atomic E-state index is 0. The van der Waals surface area contributed by atoms with Crippen LogP contribution in [-0.2, 0) is 26.2 Å². The van der Waals surface area contributed by atoms with Crippen LogP contribution in [0.15, 0.2) is 34.4 Å². The molecule has 1 aliphatic heterocycles. The summed E-state index contributed by atoms with van der Waals surface area (Å²) in [7, 11) is 0.605. The van der Waals surface area contributed by atoms with Gasteiger partial charge in [0.2, 0.25) is 0 Å². The van der Waals surface area contributed by atoms with Crippen molar-refractivity contribution in [2.24, 2.45) is 11.8 Å². The molecular weight excluding hydrogens is 418 g/mol. The van der Waals surface area contributed by atoms with Gasteiger partial charge in [-0.15, -0.1) is 13.8 Å². The Hall–Kier alpha value is 0.640. The molecular formula is C19H30Cl2SiZr. The largest absolute Gasteiger partial charge is 4.00 e. The van der Waals surface area contributed by atoms with Crippen molar-refractivity contribution in [3.8, 4) is 0 Å². The fourth-order valence-electron chi connectivity index (χ4n) is 2.24. The second kappa shape index (κ2) is 14.9. The smallest absolute Gasteiger partial charge is 1.00 e. The zero-order chi connectivity index (χ0) is 15.1. The van der Waals surface area contributed by atoms with Crippen LogP contribution in [-0.4, -0.2) is 9.52 Å². The van der Waals surface area contributed by atoms with Gasteiger partial charge in [0, 0.05) is 9.52 Å². The quantitative estimate of drug-likeness (QED) is 0.332. The first-order valence-electron chi connectivity index (χ1n) is 7.98. The third kappa shape index (κ3) is 11.8. The van der Waals surface area contributed by atoms with Crippen LogP contribution in [0, 0.1) is 24.0 Å². The summed E-state index contributed by atoms with van der Waals surface area (Å²) in [6.07, 6.45) is 12.6. The van der Waals surface area contributed by atoms with Crippen LogP contribution >= 0.6 is 0 Å². The maximum atomic E-state index is 3.29. The van der Waals surface area contributed by atoms with Crippen molar-refractivity contribution in [2.75, 3.05) is 0 Å². The molecule has 4 heteroatoms. The molecule has 3 rings (SSSR count). The van der Waals surface area contributed by atoms with Crippen molar-refractivity contribution < 1.29 is 51.0 Å².